The Kier molecular flexibility index (Phi) is 2.34. The number of amides is 1. The fourth-order valence-corrected chi connectivity index (χ4v) is 1.54. The van der Waals surface area contributed by atoms with Gasteiger partial charge in [-0.25, -0.2) is 0 Å². The zero-order valence-corrected chi connectivity index (χ0v) is 8.95. The highest BCUT2D eigenvalue weighted by molar-refractivity contribution is 5.99. The number of aryl methyl sites for hydroxylation is 1. The SMILES string of the molecule is Cc1cc(N)c(C(=O)NC2CC2C)cn1. The second kappa shape index (κ2) is 3.53. The summed E-state index contributed by atoms with van der Waals surface area (Å²) in [4.78, 5) is 15.8. The van der Waals surface area contributed by atoms with Crippen LogP contribution in [-0.2, 0) is 0 Å². The highest BCUT2D eigenvalue weighted by atomic mass is 16.1. The van der Waals surface area contributed by atoms with E-state index >= 15 is 0 Å². The van der Waals surface area contributed by atoms with Crippen LogP contribution in [0.5, 0.6) is 0 Å². The maximum absolute atomic E-state index is 11.7. The number of rotatable bonds is 2. The van der Waals surface area contributed by atoms with E-state index < -0.39 is 0 Å². The molecule has 0 aliphatic heterocycles. The maximum Gasteiger partial charge on any atom is 0.255 e. The molecule has 4 nitrogen and oxygen atoms in total. The monoisotopic (exact) mass is 205 g/mol. The Bertz CT molecular complexity index is 403. The van der Waals surface area contributed by atoms with Crippen LogP contribution in [0, 0.1) is 12.8 Å². The van der Waals surface area contributed by atoms with Crippen molar-refractivity contribution < 1.29 is 4.79 Å². The third-order valence-corrected chi connectivity index (χ3v) is 2.74. The van der Waals surface area contributed by atoms with Crippen molar-refractivity contribution in [1.29, 1.82) is 0 Å². The van der Waals surface area contributed by atoms with Gasteiger partial charge in [0.2, 0.25) is 0 Å². The molecule has 2 rings (SSSR count). The highest BCUT2D eigenvalue weighted by Gasteiger charge is 2.34. The van der Waals surface area contributed by atoms with Crippen molar-refractivity contribution in [3.63, 3.8) is 0 Å². The molecule has 15 heavy (non-hydrogen) atoms. The van der Waals surface area contributed by atoms with Gasteiger partial charge in [0, 0.05) is 23.6 Å². The number of nitrogens with two attached hydrogens (primary N) is 1. The van der Waals surface area contributed by atoms with E-state index in [4.69, 9.17) is 5.73 Å². The topological polar surface area (TPSA) is 68.0 Å². The first-order valence-electron chi connectivity index (χ1n) is 5.11. The first kappa shape index (κ1) is 9.96. The van der Waals surface area contributed by atoms with Crippen molar-refractivity contribution in [2.24, 2.45) is 5.92 Å². The van der Waals surface area contributed by atoms with Gasteiger partial charge < -0.3 is 11.1 Å². The largest absolute Gasteiger partial charge is 0.398 e. The lowest BCUT2D eigenvalue weighted by Gasteiger charge is -2.06. The fourth-order valence-electron chi connectivity index (χ4n) is 1.54. The molecule has 1 aliphatic rings. The van der Waals surface area contributed by atoms with Crippen LogP contribution in [0.25, 0.3) is 0 Å². The number of hydrogen-bond donors (Lipinski definition) is 2. The molecule has 0 radical (unpaired) electrons. The lowest BCUT2D eigenvalue weighted by atomic mass is 10.2. The fraction of sp³-hybridized carbons (Fsp3) is 0.455. The number of nitrogens with zero attached hydrogens (tertiary/aromatic N) is 1. The molecule has 2 atom stereocenters. The summed E-state index contributed by atoms with van der Waals surface area (Å²) in [5.41, 5.74) is 7.54. The van der Waals surface area contributed by atoms with E-state index in [1.807, 2.05) is 6.92 Å². The highest BCUT2D eigenvalue weighted by Crippen LogP contribution is 2.29. The standard InChI is InChI=1S/C11H15N3O/c1-6-3-10(6)14-11(15)8-5-13-7(2)4-9(8)12/h4-6,10H,3H2,1-2H3,(H2,12,13)(H,14,15). The van der Waals surface area contributed by atoms with E-state index in [1.165, 1.54) is 6.20 Å². The second-order valence-corrected chi connectivity index (χ2v) is 4.21. The third kappa shape index (κ3) is 2.09. The van der Waals surface area contributed by atoms with Crippen molar-refractivity contribution in [1.82, 2.24) is 10.3 Å². The molecule has 0 spiro atoms. The number of nitrogen functional groups attached to an aromatic ring is 1. The smallest absolute Gasteiger partial charge is 0.255 e. The minimum absolute atomic E-state index is 0.116. The molecule has 1 saturated carbocycles. The molecular formula is C11H15N3O. The summed E-state index contributed by atoms with van der Waals surface area (Å²) in [6, 6.07) is 2.03. The van der Waals surface area contributed by atoms with E-state index in [0.29, 0.717) is 23.2 Å². The van der Waals surface area contributed by atoms with Crippen molar-refractivity contribution in [3.05, 3.63) is 23.5 Å². The quantitative estimate of drug-likeness (QED) is 0.760. The molecule has 0 saturated heterocycles. The number of nitrogens with one attached hydrogen (secondary N) is 1. The minimum Gasteiger partial charge on any atom is -0.398 e. The number of carbonyl (C=O) groups excluding carboxylic acids is 1. The Morgan fingerprint density at radius 3 is 2.87 bits per heavy atom. The Morgan fingerprint density at radius 2 is 2.33 bits per heavy atom. The number of hydrogen-bond acceptors (Lipinski definition) is 3. The summed E-state index contributed by atoms with van der Waals surface area (Å²) in [7, 11) is 0. The van der Waals surface area contributed by atoms with Gasteiger partial charge in [0.25, 0.3) is 5.91 Å². The van der Waals surface area contributed by atoms with Gasteiger partial charge in [-0.1, -0.05) is 6.92 Å². The zero-order valence-electron chi connectivity index (χ0n) is 8.95. The molecule has 1 aromatic rings. The summed E-state index contributed by atoms with van der Waals surface area (Å²) in [6.07, 6.45) is 2.60. The molecule has 2 unspecified atom stereocenters. The average molecular weight is 205 g/mol. The predicted molar refractivity (Wildman–Crippen MR) is 58.4 cm³/mol. The summed E-state index contributed by atoms with van der Waals surface area (Å²) < 4.78 is 0. The molecule has 0 bridgehead atoms. The Labute approximate surface area is 88.9 Å². The lowest BCUT2D eigenvalue weighted by Crippen LogP contribution is -2.27. The number of carbonyl (C=O) groups is 1. The van der Waals surface area contributed by atoms with Crippen LogP contribution in [0.15, 0.2) is 12.3 Å². The number of anilines is 1. The Balaban J connectivity index is 2.11. The van der Waals surface area contributed by atoms with Crippen LogP contribution in [0.4, 0.5) is 5.69 Å². The Morgan fingerprint density at radius 1 is 1.67 bits per heavy atom. The van der Waals surface area contributed by atoms with E-state index in [-0.39, 0.29) is 5.91 Å². The van der Waals surface area contributed by atoms with Gasteiger partial charge in [-0.2, -0.15) is 0 Å². The van der Waals surface area contributed by atoms with Crippen molar-refractivity contribution in [2.45, 2.75) is 26.3 Å². The van der Waals surface area contributed by atoms with Crippen LogP contribution in [0.2, 0.25) is 0 Å². The third-order valence-electron chi connectivity index (χ3n) is 2.74. The van der Waals surface area contributed by atoms with Gasteiger partial charge >= 0.3 is 0 Å². The van der Waals surface area contributed by atoms with Crippen LogP contribution >= 0.6 is 0 Å². The molecule has 3 N–H and O–H groups in total. The van der Waals surface area contributed by atoms with Crippen LogP contribution in [-0.4, -0.2) is 16.9 Å². The van der Waals surface area contributed by atoms with Gasteiger partial charge in [0.1, 0.15) is 0 Å². The second-order valence-electron chi connectivity index (χ2n) is 4.21. The first-order valence-corrected chi connectivity index (χ1v) is 5.11. The molecule has 1 heterocycles. The summed E-state index contributed by atoms with van der Waals surface area (Å²) in [5, 5.41) is 2.92. The van der Waals surface area contributed by atoms with Gasteiger partial charge in [-0.05, 0) is 25.3 Å². The van der Waals surface area contributed by atoms with Gasteiger partial charge in [-0.3, -0.25) is 9.78 Å². The zero-order chi connectivity index (χ0) is 11.0. The maximum atomic E-state index is 11.7. The summed E-state index contributed by atoms with van der Waals surface area (Å²) >= 11 is 0. The van der Waals surface area contributed by atoms with E-state index in [2.05, 4.69) is 17.2 Å². The summed E-state index contributed by atoms with van der Waals surface area (Å²) in [6.45, 7) is 3.96. The lowest BCUT2D eigenvalue weighted by molar-refractivity contribution is 0.0950. The number of aromatic nitrogens is 1. The molecular weight excluding hydrogens is 190 g/mol. The predicted octanol–water partition coefficient (Wildman–Crippen LogP) is 1.11. The summed E-state index contributed by atoms with van der Waals surface area (Å²) in [5.74, 6) is 0.475. The molecule has 1 aromatic heterocycles. The molecule has 1 fully saturated rings. The first-order chi connectivity index (χ1) is 7.08. The molecule has 1 amide bonds. The Hall–Kier alpha value is -1.58. The normalized spacial score (nSPS) is 23.6. The number of pyridine rings is 1. The van der Waals surface area contributed by atoms with Crippen molar-refractivity contribution in [2.75, 3.05) is 5.73 Å². The molecule has 0 aromatic carbocycles. The van der Waals surface area contributed by atoms with E-state index in [9.17, 15) is 4.79 Å². The van der Waals surface area contributed by atoms with Crippen molar-refractivity contribution >= 4 is 11.6 Å². The van der Waals surface area contributed by atoms with Crippen LogP contribution < -0.4 is 11.1 Å². The van der Waals surface area contributed by atoms with Gasteiger partial charge in [-0.15, -0.1) is 0 Å². The van der Waals surface area contributed by atoms with Gasteiger partial charge in [0.05, 0.1) is 5.56 Å². The minimum atomic E-state index is -0.116. The van der Waals surface area contributed by atoms with Crippen LogP contribution in [0.3, 0.4) is 0 Å². The van der Waals surface area contributed by atoms with E-state index in [1.54, 1.807) is 6.07 Å². The van der Waals surface area contributed by atoms with Crippen molar-refractivity contribution in [3.8, 4) is 0 Å². The molecule has 1 aliphatic carbocycles. The average Bonchev–Trinajstić information content (AvgIpc) is 2.81. The van der Waals surface area contributed by atoms with Gasteiger partial charge in [0.15, 0.2) is 0 Å². The van der Waals surface area contributed by atoms with E-state index in [0.717, 1.165) is 12.1 Å². The molecule has 80 valence electrons. The molecule has 4 heteroatoms. The van der Waals surface area contributed by atoms with Crippen LogP contribution in [0.1, 0.15) is 29.4 Å².